The number of methoxy groups -OCH3 is 1. The smallest absolute Gasteiger partial charge is 0.308 e. The van der Waals surface area contributed by atoms with Crippen molar-refractivity contribution in [3.8, 4) is 0 Å². The van der Waals surface area contributed by atoms with Gasteiger partial charge in [0.1, 0.15) is 11.9 Å². The van der Waals surface area contributed by atoms with E-state index in [1.165, 1.54) is 7.11 Å². The fourth-order valence-electron chi connectivity index (χ4n) is 5.43. The molecule has 1 N–H and O–H groups in total. The molecule has 0 aliphatic heterocycles. The van der Waals surface area contributed by atoms with Crippen molar-refractivity contribution in [2.24, 2.45) is 35.5 Å². The maximum atomic E-state index is 12.7. The highest BCUT2D eigenvalue weighted by Crippen LogP contribution is 2.48. The Morgan fingerprint density at radius 2 is 1.91 bits per heavy atom. The van der Waals surface area contributed by atoms with Gasteiger partial charge in [0.15, 0.2) is 0 Å². The van der Waals surface area contributed by atoms with Crippen LogP contribution in [-0.2, 0) is 23.9 Å². The molecule has 0 amide bonds. The summed E-state index contributed by atoms with van der Waals surface area (Å²) in [6.07, 6.45) is 11.0. The topological polar surface area (TPSA) is 89.9 Å². The van der Waals surface area contributed by atoms with Crippen molar-refractivity contribution in [1.82, 2.24) is 0 Å². The minimum atomic E-state index is -1.01. The summed E-state index contributed by atoms with van der Waals surface area (Å²) < 4.78 is 10.7. The fourth-order valence-corrected chi connectivity index (χ4v) is 5.43. The number of allylic oxidation sites excluding steroid dienone is 4. The fraction of sp³-hybridized carbons (Fsp3) is 0.741. The lowest BCUT2D eigenvalue weighted by Crippen LogP contribution is -2.46. The predicted octanol–water partition coefficient (Wildman–Crippen LogP) is 4.65. The average Bonchev–Trinajstić information content (AvgIpc) is 2.77. The van der Waals surface area contributed by atoms with Crippen molar-refractivity contribution in [1.29, 1.82) is 0 Å². The van der Waals surface area contributed by atoms with E-state index in [1.54, 1.807) is 0 Å². The van der Waals surface area contributed by atoms with Gasteiger partial charge in [-0.2, -0.15) is 0 Å². The Morgan fingerprint density at radius 3 is 2.55 bits per heavy atom. The molecular formula is C27H42O6. The lowest BCUT2D eigenvalue weighted by molar-refractivity contribution is -0.163. The lowest BCUT2D eigenvalue weighted by Gasteiger charge is -2.47. The van der Waals surface area contributed by atoms with Crippen molar-refractivity contribution < 1.29 is 29.0 Å². The number of ether oxygens (including phenoxy) is 2. The normalized spacial score (nSPS) is 31.0. The molecule has 0 bridgehead atoms. The highest BCUT2D eigenvalue weighted by Gasteiger charge is 2.45. The second-order valence-corrected chi connectivity index (χ2v) is 9.91. The van der Waals surface area contributed by atoms with Gasteiger partial charge in [0, 0.05) is 18.8 Å². The second kappa shape index (κ2) is 13.1. The van der Waals surface area contributed by atoms with Crippen LogP contribution in [0.25, 0.3) is 0 Å². The van der Waals surface area contributed by atoms with Crippen LogP contribution < -0.4 is 0 Å². The number of aliphatic hydroxyl groups excluding tert-OH is 1. The summed E-state index contributed by atoms with van der Waals surface area (Å²) in [6.45, 7) is 8.09. The van der Waals surface area contributed by atoms with Gasteiger partial charge in [-0.05, 0) is 56.3 Å². The predicted molar refractivity (Wildman–Crippen MR) is 127 cm³/mol. The van der Waals surface area contributed by atoms with Gasteiger partial charge in [-0.3, -0.25) is 14.4 Å². The van der Waals surface area contributed by atoms with Crippen LogP contribution in [0.5, 0.6) is 0 Å². The SMILES string of the molecule is CC=C[C@@H]1C[C@H](OC(=O)[C@@H](C)CC)[C@@H]2[C@@H](CCC(=O)C[C@@H](O)CC(=O)OC)[C@@H](C)C=C[C@H]2C1. The molecule has 1 fully saturated rings. The molecule has 2 rings (SSSR count). The van der Waals surface area contributed by atoms with E-state index in [9.17, 15) is 19.5 Å². The van der Waals surface area contributed by atoms with Crippen LogP contribution in [-0.4, -0.2) is 42.1 Å². The van der Waals surface area contributed by atoms with Crippen LogP contribution in [0.15, 0.2) is 24.3 Å². The first-order chi connectivity index (χ1) is 15.7. The van der Waals surface area contributed by atoms with Gasteiger partial charge in [-0.1, -0.05) is 45.1 Å². The zero-order valence-corrected chi connectivity index (χ0v) is 20.9. The molecule has 6 heteroatoms. The van der Waals surface area contributed by atoms with Crippen molar-refractivity contribution in [2.75, 3.05) is 7.11 Å². The van der Waals surface area contributed by atoms with E-state index in [-0.39, 0.29) is 54.4 Å². The number of fused-ring (bicyclic) bond motifs is 1. The van der Waals surface area contributed by atoms with Gasteiger partial charge >= 0.3 is 11.9 Å². The van der Waals surface area contributed by atoms with E-state index in [1.807, 2.05) is 20.8 Å². The van der Waals surface area contributed by atoms with E-state index in [2.05, 4.69) is 36.0 Å². The number of hydrogen-bond donors (Lipinski definition) is 1. The molecule has 0 radical (unpaired) electrons. The van der Waals surface area contributed by atoms with Crippen molar-refractivity contribution in [2.45, 2.75) is 84.8 Å². The standard InChI is InChI=1S/C27H42O6/c1-6-8-19-13-20-10-9-18(4)23(12-11-21(28)15-22(29)16-25(30)32-5)26(20)24(14-19)33-27(31)17(3)7-2/h6,8-10,17-20,22-24,26,29H,7,11-16H2,1-5H3/t17-,18-,19-,20-,22+,23-,24-,26-/m0/s1. The average molecular weight is 463 g/mol. The van der Waals surface area contributed by atoms with E-state index in [0.29, 0.717) is 24.7 Å². The number of carbonyl (C=O) groups is 3. The molecule has 0 saturated heterocycles. The summed E-state index contributed by atoms with van der Waals surface area (Å²) in [5, 5.41) is 10.00. The second-order valence-electron chi connectivity index (χ2n) is 9.91. The summed E-state index contributed by atoms with van der Waals surface area (Å²) in [5.41, 5.74) is 0. The monoisotopic (exact) mass is 462 g/mol. The Labute approximate surface area is 198 Å². The van der Waals surface area contributed by atoms with Crippen LogP contribution >= 0.6 is 0 Å². The first-order valence-electron chi connectivity index (χ1n) is 12.5. The van der Waals surface area contributed by atoms with Crippen LogP contribution in [0.3, 0.4) is 0 Å². The largest absolute Gasteiger partial charge is 0.469 e. The third-order valence-corrected chi connectivity index (χ3v) is 7.46. The van der Waals surface area contributed by atoms with Gasteiger partial charge in [-0.25, -0.2) is 0 Å². The van der Waals surface area contributed by atoms with Gasteiger partial charge in [0.2, 0.25) is 0 Å². The number of Topliss-reactive ketones (excluding diaryl/α,β-unsaturated/α-hetero) is 1. The van der Waals surface area contributed by atoms with Crippen molar-refractivity contribution in [3.63, 3.8) is 0 Å². The number of aliphatic hydroxyl groups is 1. The van der Waals surface area contributed by atoms with Gasteiger partial charge in [0.05, 0.1) is 25.6 Å². The quantitative estimate of drug-likeness (QED) is 0.355. The molecular weight excluding hydrogens is 420 g/mol. The van der Waals surface area contributed by atoms with Gasteiger partial charge in [-0.15, -0.1) is 0 Å². The molecule has 0 aromatic carbocycles. The van der Waals surface area contributed by atoms with E-state index < -0.39 is 12.1 Å². The van der Waals surface area contributed by atoms with Gasteiger partial charge in [0.25, 0.3) is 0 Å². The first kappa shape index (κ1) is 27.3. The highest BCUT2D eigenvalue weighted by atomic mass is 16.5. The van der Waals surface area contributed by atoms with Crippen molar-refractivity contribution >= 4 is 17.7 Å². The maximum Gasteiger partial charge on any atom is 0.308 e. The lowest BCUT2D eigenvalue weighted by atomic mass is 9.60. The molecule has 0 aromatic rings. The summed E-state index contributed by atoms with van der Waals surface area (Å²) in [7, 11) is 1.26. The molecule has 2 aliphatic carbocycles. The minimum absolute atomic E-state index is 0.0457. The number of hydrogen-bond acceptors (Lipinski definition) is 6. The molecule has 0 spiro atoms. The number of esters is 2. The van der Waals surface area contributed by atoms with E-state index >= 15 is 0 Å². The Bertz CT molecular complexity index is 726. The van der Waals surface area contributed by atoms with Crippen LogP contribution in [0, 0.1) is 35.5 Å². The molecule has 0 heterocycles. The number of carbonyl (C=O) groups excluding carboxylic acids is 3. The van der Waals surface area contributed by atoms with Crippen LogP contribution in [0.1, 0.15) is 72.6 Å². The van der Waals surface area contributed by atoms with Gasteiger partial charge < -0.3 is 14.6 Å². The first-order valence-corrected chi connectivity index (χ1v) is 12.5. The Kier molecular flexibility index (Phi) is 10.8. The molecule has 8 atom stereocenters. The molecule has 33 heavy (non-hydrogen) atoms. The Balaban J connectivity index is 2.11. The highest BCUT2D eigenvalue weighted by molar-refractivity contribution is 5.80. The Hall–Kier alpha value is -1.95. The summed E-state index contributed by atoms with van der Waals surface area (Å²) in [6, 6.07) is 0. The summed E-state index contributed by atoms with van der Waals surface area (Å²) in [5.74, 6) is 0.547. The van der Waals surface area contributed by atoms with E-state index in [4.69, 9.17) is 4.74 Å². The number of ketones is 1. The molecule has 186 valence electrons. The zero-order chi connectivity index (χ0) is 24.5. The third kappa shape index (κ3) is 7.80. The number of rotatable bonds is 11. The molecule has 0 aromatic heterocycles. The summed E-state index contributed by atoms with van der Waals surface area (Å²) in [4.78, 5) is 36.6. The van der Waals surface area contributed by atoms with Crippen LogP contribution in [0.2, 0.25) is 0 Å². The third-order valence-electron chi connectivity index (χ3n) is 7.46. The van der Waals surface area contributed by atoms with Crippen molar-refractivity contribution in [3.05, 3.63) is 24.3 Å². The zero-order valence-electron chi connectivity index (χ0n) is 20.9. The van der Waals surface area contributed by atoms with E-state index in [0.717, 1.165) is 19.3 Å². The molecule has 6 nitrogen and oxygen atoms in total. The molecule has 0 unspecified atom stereocenters. The molecule has 1 saturated carbocycles. The summed E-state index contributed by atoms with van der Waals surface area (Å²) >= 11 is 0. The maximum absolute atomic E-state index is 12.7. The Morgan fingerprint density at radius 1 is 1.18 bits per heavy atom. The van der Waals surface area contributed by atoms with Crippen LogP contribution in [0.4, 0.5) is 0 Å². The molecule has 2 aliphatic rings. The minimum Gasteiger partial charge on any atom is -0.469 e.